The zero-order valence-corrected chi connectivity index (χ0v) is 21.7. The highest BCUT2D eigenvalue weighted by molar-refractivity contribution is 7.48. The Morgan fingerprint density at radius 2 is 1.41 bits per heavy atom. The van der Waals surface area contributed by atoms with E-state index in [1.165, 1.54) is 7.11 Å². The second-order valence-electron chi connectivity index (χ2n) is 8.17. The maximum absolute atomic E-state index is 13.2. The molecule has 0 aliphatic rings. The molecule has 1 unspecified atom stereocenters. The average Bonchev–Trinajstić information content (AvgIpc) is 2.93. The fraction of sp³-hybridized carbons (Fsp3) is 0.286. The Balaban J connectivity index is 1.54. The molecular weight excluding hydrogens is 493 g/mol. The molecule has 0 spiro atoms. The third kappa shape index (κ3) is 10.3. The van der Waals surface area contributed by atoms with Crippen molar-refractivity contribution in [1.82, 2.24) is 5.32 Å². The van der Waals surface area contributed by atoms with Gasteiger partial charge in [-0.2, -0.15) is 0 Å². The molecule has 0 bridgehead atoms. The molecule has 0 aliphatic carbocycles. The van der Waals surface area contributed by atoms with Crippen LogP contribution in [-0.4, -0.2) is 38.2 Å². The first kappa shape index (κ1) is 28.3. The lowest BCUT2D eigenvalue weighted by molar-refractivity contribution is -0.145. The van der Waals surface area contributed by atoms with Crippen molar-refractivity contribution in [2.45, 2.75) is 32.0 Å². The summed E-state index contributed by atoms with van der Waals surface area (Å²) in [5.41, 5.74) is 2.68. The van der Waals surface area contributed by atoms with E-state index in [1.54, 1.807) is 0 Å². The molecule has 0 aromatic heterocycles. The molecule has 0 saturated heterocycles. The second-order valence-corrected chi connectivity index (χ2v) is 9.90. The van der Waals surface area contributed by atoms with Gasteiger partial charge >= 0.3 is 13.8 Å². The molecule has 3 aromatic carbocycles. The smallest absolute Gasteiger partial charge is 0.461 e. The van der Waals surface area contributed by atoms with Crippen LogP contribution in [0.4, 0.5) is 0 Å². The largest absolute Gasteiger partial charge is 0.475 e. The summed E-state index contributed by atoms with van der Waals surface area (Å²) in [6.45, 7) is 0.278. The molecule has 1 N–H and O–H groups in total. The van der Waals surface area contributed by atoms with Crippen LogP contribution in [0.1, 0.15) is 23.1 Å². The number of ether oxygens (including phenoxy) is 1. The van der Waals surface area contributed by atoms with Gasteiger partial charge in [0, 0.05) is 20.1 Å². The van der Waals surface area contributed by atoms with E-state index in [2.05, 4.69) is 5.32 Å². The molecule has 0 radical (unpaired) electrons. The average molecular weight is 526 g/mol. The molecule has 0 fully saturated rings. The Morgan fingerprint density at radius 3 is 2.00 bits per heavy atom. The van der Waals surface area contributed by atoms with E-state index in [0.717, 1.165) is 16.7 Å². The molecule has 3 aromatic rings. The van der Waals surface area contributed by atoms with Gasteiger partial charge in [-0.25, -0.2) is 4.57 Å². The first-order chi connectivity index (χ1) is 18.0. The molecule has 0 heterocycles. The normalized spacial score (nSPS) is 13.3. The molecule has 3 rings (SSSR count). The van der Waals surface area contributed by atoms with Gasteiger partial charge in [-0.3, -0.25) is 23.2 Å². The standard InChI is InChI=1S/C28H32NO7P/c1-33-37(32,35-20-18-23-11-5-2-6-12-23)36-26(21-24-13-7-3-8-14-24)28(31)29-19-17-27(30)34-22-25-15-9-4-10-16-25/h2-16,26H,17-22H2,1H3,(H,29,31)/t26-,37?/m0/s1. The van der Waals surface area contributed by atoms with Crippen LogP contribution in [0.5, 0.6) is 0 Å². The van der Waals surface area contributed by atoms with Crippen molar-refractivity contribution in [2.75, 3.05) is 20.3 Å². The minimum Gasteiger partial charge on any atom is -0.461 e. The quantitative estimate of drug-likeness (QED) is 0.223. The number of hydrogen-bond donors (Lipinski definition) is 1. The van der Waals surface area contributed by atoms with Crippen molar-refractivity contribution in [3.63, 3.8) is 0 Å². The monoisotopic (exact) mass is 525 g/mol. The van der Waals surface area contributed by atoms with Crippen molar-refractivity contribution in [3.8, 4) is 0 Å². The van der Waals surface area contributed by atoms with Crippen molar-refractivity contribution in [3.05, 3.63) is 108 Å². The summed E-state index contributed by atoms with van der Waals surface area (Å²) in [6.07, 6.45) is -0.546. The number of hydrogen-bond acceptors (Lipinski definition) is 7. The Morgan fingerprint density at radius 1 is 0.838 bits per heavy atom. The van der Waals surface area contributed by atoms with Crippen LogP contribution in [0, 0.1) is 0 Å². The van der Waals surface area contributed by atoms with Crippen molar-refractivity contribution < 1.29 is 32.5 Å². The van der Waals surface area contributed by atoms with Crippen molar-refractivity contribution >= 4 is 19.7 Å². The predicted molar refractivity (Wildman–Crippen MR) is 140 cm³/mol. The van der Waals surface area contributed by atoms with Crippen LogP contribution in [0.2, 0.25) is 0 Å². The number of amides is 1. The fourth-order valence-electron chi connectivity index (χ4n) is 3.42. The molecule has 0 saturated carbocycles. The van der Waals surface area contributed by atoms with Crippen LogP contribution >= 0.6 is 7.82 Å². The summed E-state index contributed by atoms with van der Waals surface area (Å²) >= 11 is 0. The van der Waals surface area contributed by atoms with E-state index in [9.17, 15) is 14.2 Å². The Hall–Kier alpha value is -3.29. The first-order valence-corrected chi connectivity index (χ1v) is 13.5. The first-order valence-electron chi connectivity index (χ1n) is 12.0. The van der Waals surface area contributed by atoms with Crippen LogP contribution < -0.4 is 5.32 Å². The third-order valence-electron chi connectivity index (χ3n) is 5.39. The molecule has 2 atom stereocenters. The summed E-state index contributed by atoms with van der Waals surface area (Å²) in [7, 11) is -2.82. The number of rotatable bonds is 15. The minimum absolute atomic E-state index is 0.0217. The van der Waals surface area contributed by atoms with Gasteiger partial charge in [-0.05, 0) is 23.1 Å². The number of carbonyl (C=O) groups is 2. The van der Waals surface area contributed by atoms with E-state index in [1.807, 2.05) is 91.0 Å². The maximum Gasteiger partial charge on any atom is 0.475 e. The molecule has 0 aliphatic heterocycles. The lowest BCUT2D eigenvalue weighted by Gasteiger charge is -2.22. The second kappa shape index (κ2) is 15.1. The van der Waals surface area contributed by atoms with E-state index in [0.29, 0.717) is 6.42 Å². The molecular formula is C28H32NO7P. The SMILES string of the molecule is COP(=O)(OCCc1ccccc1)O[C@@H](Cc1ccccc1)C(=O)NCCC(=O)OCc1ccccc1. The number of phosphoric ester groups is 1. The highest BCUT2D eigenvalue weighted by Crippen LogP contribution is 2.50. The van der Waals surface area contributed by atoms with Crippen LogP contribution in [0.25, 0.3) is 0 Å². The van der Waals surface area contributed by atoms with Gasteiger partial charge in [0.15, 0.2) is 6.10 Å². The summed E-state index contributed by atoms with van der Waals surface area (Å²) in [4.78, 5) is 25.1. The number of carbonyl (C=O) groups excluding carboxylic acids is 2. The highest BCUT2D eigenvalue weighted by atomic mass is 31.2. The Kier molecular flexibility index (Phi) is 11.5. The van der Waals surface area contributed by atoms with Crippen LogP contribution in [-0.2, 0) is 51.9 Å². The molecule has 1 amide bonds. The van der Waals surface area contributed by atoms with Gasteiger partial charge in [0.1, 0.15) is 6.61 Å². The molecule has 8 nitrogen and oxygen atoms in total. The Bertz CT molecular complexity index is 1140. The molecule has 9 heteroatoms. The van der Waals surface area contributed by atoms with Gasteiger partial charge < -0.3 is 10.1 Å². The summed E-state index contributed by atoms with van der Waals surface area (Å²) in [6, 6.07) is 28.1. The lowest BCUT2D eigenvalue weighted by atomic mass is 10.1. The maximum atomic E-state index is 13.2. The molecule has 196 valence electrons. The van der Waals surface area contributed by atoms with Crippen LogP contribution in [0.3, 0.4) is 0 Å². The van der Waals surface area contributed by atoms with Crippen LogP contribution in [0.15, 0.2) is 91.0 Å². The highest BCUT2D eigenvalue weighted by Gasteiger charge is 2.33. The van der Waals surface area contributed by atoms with Gasteiger partial charge in [0.25, 0.3) is 0 Å². The number of phosphoric acid groups is 1. The fourth-order valence-corrected chi connectivity index (χ4v) is 4.47. The summed E-state index contributed by atoms with van der Waals surface area (Å²) < 4.78 is 34.6. The lowest BCUT2D eigenvalue weighted by Crippen LogP contribution is -2.38. The van der Waals surface area contributed by atoms with E-state index < -0.39 is 25.8 Å². The van der Waals surface area contributed by atoms with E-state index in [-0.39, 0.29) is 32.6 Å². The van der Waals surface area contributed by atoms with Crippen molar-refractivity contribution in [2.24, 2.45) is 0 Å². The molecule has 37 heavy (non-hydrogen) atoms. The third-order valence-corrected chi connectivity index (χ3v) is 6.85. The van der Waals surface area contributed by atoms with Gasteiger partial charge in [-0.15, -0.1) is 0 Å². The van der Waals surface area contributed by atoms with Gasteiger partial charge in [0.05, 0.1) is 13.0 Å². The van der Waals surface area contributed by atoms with E-state index in [4.69, 9.17) is 18.3 Å². The number of nitrogens with one attached hydrogen (secondary N) is 1. The number of benzene rings is 3. The number of esters is 1. The Labute approximate surface area is 217 Å². The van der Waals surface area contributed by atoms with E-state index >= 15 is 0 Å². The summed E-state index contributed by atoms with van der Waals surface area (Å²) in [5.74, 6) is -0.986. The van der Waals surface area contributed by atoms with Crippen molar-refractivity contribution in [1.29, 1.82) is 0 Å². The predicted octanol–water partition coefficient (Wildman–Crippen LogP) is 4.88. The van der Waals surface area contributed by atoms with Gasteiger partial charge in [0.2, 0.25) is 5.91 Å². The van der Waals surface area contributed by atoms with Gasteiger partial charge in [-0.1, -0.05) is 91.0 Å². The topological polar surface area (TPSA) is 100 Å². The minimum atomic E-state index is -4.03. The zero-order valence-electron chi connectivity index (χ0n) is 20.8. The summed E-state index contributed by atoms with van der Waals surface area (Å²) in [5, 5.41) is 2.66. The zero-order chi connectivity index (χ0) is 26.3.